The molecule has 0 aliphatic heterocycles. The zero-order valence-electron chi connectivity index (χ0n) is 16.6. The lowest BCUT2D eigenvalue weighted by Gasteiger charge is -2.13. The molecule has 0 atom stereocenters. The van der Waals surface area contributed by atoms with Gasteiger partial charge in [0.1, 0.15) is 0 Å². The summed E-state index contributed by atoms with van der Waals surface area (Å²) in [5.74, 6) is -0.292. The number of ether oxygens (including phenoxy) is 2. The fraction of sp³-hybridized carbons (Fsp3) is 0.304. The van der Waals surface area contributed by atoms with Crippen molar-refractivity contribution < 1.29 is 14.3 Å². The lowest BCUT2D eigenvalue weighted by Crippen LogP contribution is -2.05. The van der Waals surface area contributed by atoms with Crippen LogP contribution in [0.25, 0.3) is 10.9 Å². The maximum absolute atomic E-state index is 12.0. The SMILES string of the molecule is CCCOC(=O)c1ccc(Nc2cc(C)nc3ccc(COCC)cc23)cc1. The van der Waals surface area contributed by atoms with Crippen LogP contribution in [0.15, 0.2) is 48.5 Å². The van der Waals surface area contributed by atoms with Gasteiger partial charge in [-0.25, -0.2) is 4.79 Å². The highest BCUT2D eigenvalue weighted by atomic mass is 16.5. The summed E-state index contributed by atoms with van der Waals surface area (Å²) in [5.41, 5.74) is 5.40. The molecule has 3 aromatic rings. The second kappa shape index (κ2) is 9.33. The van der Waals surface area contributed by atoms with Gasteiger partial charge in [0, 0.05) is 29.1 Å². The van der Waals surface area contributed by atoms with Crippen LogP contribution in [-0.4, -0.2) is 24.2 Å². The Hall–Kier alpha value is -2.92. The van der Waals surface area contributed by atoms with E-state index in [4.69, 9.17) is 9.47 Å². The highest BCUT2D eigenvalue weighted by Gasteiger charge is 2.09. The fourth-order valence-electron chi connectivity index (χ4n) is 2.94. The molecule has 0 aliphatic carbocycles. The molecule has 3 rings (SSSR count). The van der Waals surface area contributed by atoms with E-state index >= 15 is 0 Å². The van der Waals surface area contributed by atoms with Gasteiger partial charge >= 0.3 is 5.97 Å². The molecule has 0 unspecified atom stereocenters. The zero-order valence-corrected chi connectivity index (χ0v) is 16.6. The molecule has 0 spiro atoms. The summed E-state index contributed by atoms with van der Waals surface area (Å²) >= 11 is 0. The Morgan fingerprint density at radius 2 is 1.86 bits per heavy atom. The van der Waals surface area contributed by atoms with E-state index in [0.717, 1.165) is 40.0 Å². The minimum absolute atomic E-state index is 0.292. The first kappa shape index (κ1) is 19.8. The third-order valence-electron chi connectivity index (χ3n) is 4.31. The molecular formula is C23H26N2O3. The number of anilines is 2. The average molecular weight is 378 g/mol. The Kier molecular flexibility index (Phi) is 6.61. The molecular weight excluding hydrogens is 352 g/mol. The summed E-state index contributed by atoms with van der Waals surface area (Å²) in [5, 5.41) is 4.48. The number of esters is 1. The number of carbonyl (C=O) groups excluding carboxylic acids is 1. The van der Waals surface area contributed by atoms with Crippen molar-refractivity contribution in [2.75, 3.05) is 18.5 Å². The Morgan fingerprint density at radius 3 is 2.57 bits per heavy atom. The highest BCUT2D eigenvalue weighted by molar-refractivity contribution is 5.94. The van der Waals surface area contributed by atoms with E-state index in [1.165, 1.54) is 0 Å². The number of hydrogen-bond donors (Lipinski definition) is 1. The Labute approximate surface area is 165 Å². The number of fused-ring (bicyclic) bond motifs is 1. The summed E-state index contributed by atoms with van der Waals surface area (Å²) < 4.78 is 10.7. The lowest BCUT2D eigenvalue weighted by atomic mass is 10.1. The first-order chi connectivity index (χ1) is 13.6. The number of nitrogens with zero attached hydrogens (tertiary/aromatic N) is 1. The zero-order chi connectivity index (χ0) is 19.9. The summed E-state index contributed by atoms with van der Waals surface area (Å²) in [6.07, 6.45) is 0.811. The number of aryl methyl sites for hydroxylation is 1. The van der Waals surface area contributed by atoms with E-state index in [1.54, 1.807) is 12.1 Å². The minimum Gasteiger partial charge on any atom is -0.462 e. The van der Waals surface area contributed by atoms with Crippen molar-refractivity contribution in [1.82, 2.24) is 4.98 Å². The van der Waals surface area contributed by atoms with Crippen LogP contribution < -0.4 is 5.32 Å². The van der Waals surface area contributed by atoms with E-state index in [-0.39, 0.29) is 5.97 Å². The predicted octanol–water partition coefficient (Wildman–Crippen LogP) is 5.39. The van der Waals surface area contributed by atoms with Crippen molar-refractivity contribution in [2.45, 2.75) is 33.8 Å². The van der Waals surface area contributed by atoms with Gasteiger partial charge in [-0.2, -0.15) is 0 Å². The van der Waals surface area contributed by atoms with Gasteiger partial charge in [0.05, 0.1) is 24.3 Å². The van der Waals surface area contributed by atoms with Gasteiger partial charge in [-0.1, -0.05) is 13.0 Å². The molecule has 1 heterocycles. The van der Waals surface area contributed by atoms with Crippen molar-refractivity contribution in [2.24, 2.45) is 0 Å². The van der Waals surface area contributed by atoms with Gasteiger partial charge in [0.2, 0.25) is 0 Å². The second-order valence-electron chi connectivity index (χ2n) is 6.64. The Balaban J connectivity index is 1.85. The summed E-state index contributed by atoms with van der Waals surface area (Å²) in [4.78, 5) is 16.6. The van der Waals surface area contributed by atoms with Crippen LogP contribution in [0.1, 0.15) is 41.9 Å². The van der Waals surface area contributed by atoms with Gasteiger partial charge < -0.3 is 14.8 Å². The number of nitrogens with one attached hydrogen (secondary N) is 1. The molecule has 5 heteroatoms. The van der Waals surface area contributed by atoms with Crippen molar-refractivity contribution in [3.63, 3.8) is 0 Å². The summed E-state index contributed by atoms with van der Waals surface area (Å²) in [7, 11) is 0. The first-order valence-corrected chi connectivity index (χ1v) is 9.63. The third kappa shape index (κ3) is 4.87. The number of pyridine rings is 1. The van der Waals surface area contributed by atoms with E-state index < -0.39 is 0 Å². The normalized spacial score (nSPS) is 10.8. The topological polar surface area (TPSA) is 60.5 Å². The molecule has 2 aromatic carbocycles. The van der Waals surface area contributed by atoms with Gasteiger partial charge in [-0.05, 0) is 68.3 Å². The maximum Gasteiger partial charge on any atom is 0.338 e. The van der Waals surface area contributed by atoms with Gasteiger partial charge in [0.25, 0.3) is 0 Å². The van der Waals surface area contributed by atoms with Crippen LogP contribution in [0.5, 0.6) is 0 Å². The smallest absolute Gasteiger partial charge is 0.338 e. The minimum atomic E-state index is -0.292. The van der Waals surface area contributed by atoms with E-state index in [0.29, 0.717) is 25.4 Å². The molecule has 0 aliphatic rings. The van der Waals surface area contributed by atoms with Crippen molar-refractivity contribution in [3.05, 3.63) is 65.4 Å². The van der Waals surface area contributed by atoms with Gasteiger partial charge in [0.15, 0.2) is 0 Å². The average Bonchev–Trinajstić information content (AvgIpc) is 2.71. The monoisotopic (exact) mass is 378 g/mol. The van der Waals surface area contributed by atoms with Gasteiger partial charge in [-0.15, -0.1) is 0 Å². The largest absolute Gasteiger partial charge is 0.462 e. The number of carbonyl (C=O) groups is 1. The first-order valence-electron chi connectivity index (χ1n) is 9.63. The highest BCUT2D eigenvalue weighted by Crippen LogP contribution is 2.28. The quantitative estimate of drug-likeness (QED) is 0.533. The molecule has 146 valence electrons. The van der Waals surface area contributed by atoms with Crippen LogP contribution in [0.4, 0.5) is 11.4 Å². The molecule has 5 nitrogen and oxygen atoms in total. The van der Waals surface area contributed by atoms with Gasteiger partial charge in [-0.3, -0.25) is 4.98 Å². The second-order valence-corrected chi connectivity index (χ2v) is 6.64. The van der Waals surface area contributed by atoms with Crippen molar-refractivity contribution >= 4 is 28.2 Å². The number of rotatable bonds is 8. The molecule has 1 N–H and O–H groups in total. The summed E-state index contributed by atoms with van der Waals surface area (Å²) in [6.45, 7) is 7.63. The predicted molar refractivity (Wildman–Crippen MR) is 112 cm³/mol. The number of aromatic nitrogens is 1. The molecule has 0 amide bonds. The van der Waals surface area contributed by atoms with Crippen molar-refractivity contribution in [1.29, 1.82) is 0 Å². The van der Waals surface area contributed by atoms with Crippen LogP contribution in [-0.2, 0) is 16.1 Å². The number of hydrogen-bond acceptors (Lipinski definition) is 5. The molecule has 0 saturated carbocycles. The third-order valence-corrected chi connectivity index (χ3v) is 4.31. The van der Waals surface area contributed by atoms with E-state index in [2.05, 4.69) is 16.4 Å². The van der Waals surface area contributed by atoms with Crippen LogP contribution in [0.2, 0.25) is 0 Å². The molecule has 0 fully saturated rings. The standard InChI is InChI=1S/C23H26N2O3/c1-4-12-28-23(26)18-7-9-19(10-8-18)25-22-13-16(3)24-21-11-6-17(14-20(21)22)15-27-5-2/h6-11,13-14H,4-5,12,15H2,1-3H3,(H,24,25). The van der Waals surface area contributed by atoms with Crippen molar-refractivity contribution in [3.8, 4) is 0 Å². The molecule has 0 radical (unpaired) electrons. The summed E-state index contributed by atoms with van der Waals surface area (Å²) in [6, 6.07) is 15.5. The van der Waals surface area contributed by atoms with Crippen LogP contribution in [0, 0.1) is 6.92 Å². The molecule has 0 saturated heterocycles. The Morgan fingerprint density at radius 1 is 1.07 bits per heavy atom. The van der Waals surface area contributed by atoms with Crippen LogP contribution >= 0.6 is 0 Å². The molecule has 0 bridgehead atoms. The fourth-order valence-corrected chi connectivity index (χ4v) is 2.94. The van der Waals surface area contributed by atoms with E-state index in [9.17, 15) is 4.79 Å². The number of benzene rings is 2. The van der Waals surface area contributed by atoms with E-state index in [1.807, 2.05) is 51.1 Å². The molecule has 28 heavy (non-hydrogen) atoms. The Bertz CT molecular complexity index is 952. The maximum atomic E-state index is 12.0. The molecule has 1 aromatic heterocycles. The van der Waals surface area contributed by atoms with Crippen LogP contribution in [0.3, 0.4) is 0 Å². The lowest BCUT2D eigenvalue weighted by molar-refractivity contribution is 0.0505.